The van der Waals surface area contributed by atoms with Crippen molar-refractivity contribution in [1.82, 2.24) is 10.2 Å². The van der Waals surface area contributed by atoms with E-state index in [1.807, 2.05) is 13.8 Å². The molecule has 1 heterocycles. The van der Waals surface area contributed by atoms with E-state index in [1.165, 1.54) is 6.92 Å². The molecular formula is C16H21N3O3. The van der Waals surface area contributed by atoms with Crippen molar-refractivity contribution < 1.29 is 14.4 Å². The van der Waals surface area contributed by atoms with Crippen molar-refractivity contribution in [1.29, 1.82) is 0 Å². The Morgan fingerprint density at radius 2 is 2.05 bits per heavy atom. The summed E-state index contributed by atoms with van der Waals surface area (Å²) in [6, 6.07) is 6.33. The molecule has 0 bridgehead atoms. The lowest BCUT2D eigenvalue weighted by molar-refractivity contribution is -0.129. The summed E-state index contributed by atoms with van der Waals surface area (Å²) < 4.78 is 0. The van der Waals surface area contributed by atoms with Gasteiger partial charge in [-0.3, -0.25) is 9.59 Å². The number of nitrogens with zero attached hydrogens (tertiary/aromatic N) is 1. The molecule has 1 fully saturated rings. The smallest absolute Gasteiger partial charge is 0.319 e. The maximum Gasteiger partial charge on any atom is 0.319 e. The Hall–Kier alpha value is -2.37. The van der Waals surface area contributed by atoms with Gasteiger partial charge in [0, 0.05) is 30.3 Å². The van der Waals surface area contributed by atoms with Crippen LogP contribution in [0.4, 0.5) is 10.5 Å². The summed E-state index contributed by atoms with van der Waals surface area (Å²) in [5.74, 6) is -0.00287. The number of carbonyl (C=O) groups excluding carboxylic acids is 3. The number of likely N-dealkylation sites (tertiary alicyclic amines) is 1. The van der Waals surface area contributed by atoms with Crippen molar-refractivity contribution in [3.05, 3.63) is 29.8 Å². The third kappa shape index (κ3) is 3.84. The lowest BCUT2D eigenvalue weighted by atomic mass is 10.1. The Morgan fingerprint density at radius 1 is 1.32 bits per heavy atom. The second-order valence-corrected chi connectivity index (χ2v) is 5.78. The Kier molecular flexibility index (Phi) is 4.80. The molecule has 1 aliphatic heterocycles. The first-order chi connectivity index (χ1) is 10.4. The van der Waals surface area contributed by atoms with Gasteiger partial charge in [0.1, 0.15) is 0 Å². The summed E-state index contributed by atoms with van der Waals surface area (Å²) in [7, 11) is 0. The average molecular weight is 303 g/mol. The minimum absolute atomic E-state index is 0.0545. The molecule has 2 N–H and O–H groups in total. The van der Waals surface area contributed by atoms with Gasteiger partial charge < -0.3 is 15.5 Å². The molecule has 118 valence electrons. The predicted octanol–water partition coefficient (Wildman–Crippen LogP) is 2.02. The van der Waals surface area contributed by atoms with E-state index in [4.69, 9.17) is 0 Å². The lowest BCUT2D eigenvalue weighted by Gasteiger charge is -2.21. The Balaban J connectivity index is 1.93. The van der Waals surface area contributed by atoms with Crippen LogP contribution in [-0.2, 0) is 4.79 Å². The maximum absolute atomic E-state index is 12.0. The molecule has 1 aliphatic rings. The zero-order chi connectivity index (χ0) is 16.3. The topological polar surface area (TPSA) is 78.5 Å². The zero-order valence-electron chi connectivity index (χ0n) is 13.1. The molecule has 6 heteroatoms. The van der Waals surface area contributed by atoms with E-state index in [1.54, 1.807) is 29.2 Å². The number of rotatable bonds is 4. The molecule has 0 aliphatic carbocycles. The summed E-state index contributed by atoms with van der Waals surface area (Å²) in [6.07, 6.45) is 0.319. The Labute approximate surface area is 129 Å². The molecule has 0 spiro atoms. The number of amides is 3. The normalized spacial score (nSPS) is 17.7. The van der Waals surface area contributed by atoms with Gasteiger partial charge in [-0.05, 0) is 32.9 Å². The molecule has 1 unspecified atom stereocenters. The van der Waals surface area contributed by atoms with Gasteiger partial charge in [0.2, 0.25) is 5.91 Å². The number of hydrogen-bond donors (Lipinski definition) is 2. The number of carbonyl (C=O) groups is 3. The molecule has 0 radical (unpaired) electrons. The van der Waals surface area contributed by atoms with E-state index in [0.29, 0.717) is 24.2 Å². The van der Waals surface area contributed by atoms with Crippen LogP contribution in [0.5, 0.6) is 0 Å². The summed E-state index contributed by atoms with van der Waals surface area (Å²) in [4.78, 5) is 36.9. The number of Topliss-reactive ketones (excluding diaryl/α,β-unsaturated/α-hetero) is 1. The molecule has 0 saturated carbocycles. The first-order valence-electron chi connectivity index (χ1n) is 7.35. The van der Waals surface area contributed by atoms with E-state index in [-0.39, 0.29) is 29.8 Å². The Bertz CT molecular complexity index is 598. The van der Waals surface area contributed by atoms with E-state index < -0.39 is 0 Å². The molecule has 1 aromatic carbocycles. The van der Waals surface area contributed by atoms with Gasteiger partial charge in [-0.25, -0.2) is 4.79 Å². The summed E-state index contributed by atoms with van der Waals surface area (Å²) in [6.45, 7) is 5.91. The van der Waals surface area contributed by atoms with Crippen molar-refractivity contribution in [2.24, 2.45) is 0 Å². The van der Waals surface area contributed by atoms with Crippen LogP contribution in [0.2, 0.25) is 0 Å². The standard InChI is InChI=1S/C16H21N3O3/c1-10(2)19-9-14(8-15(19)21)18-16(22)17-13-6-4-5-12(7-13)11(3)20/h4-7,10,14H,8-9H2,1-3H3,(H2,17,18,22). The summed E-state index contributed by atoms with van der Waals surface area (Å²) in [5.41, 5.74) is 1.09. The highest BCUT2D eigenvalue weighted by molar-refractivity contribution is 5.97. The maximum atomic E-state index is 12.0. The number of nitrogens with one attached hydrogen (secondary N) is 2. The van der Waals surface area contributed by atoms with Gasteiger partial charge in [0.05, 0.1) is 6.04 Å². The molecule has 0 aromatic heterocycles. The van der Waals surface area contributed by atoms with Crippen LogP contribution in [-0.4, -0.2) is 41.2 Å². The van der Waals surface area contributed by atoms with Crippen molar-refractivity contribution in [3.8, 4) is 0 Å². The fraction of sp³-hybridized carbons (Fsp3) is 0.438. The highest BCUT2D eigenvalue weighted by Crippen LogP contribution is 2.15. The third-order valence-electron chi connectivity index (χ3n) is 3.64. The number of urea groups is 1. The fourth-order valence-corrected chi connectivity index (χ4v) is 2.50. The van der Waals surface area contributed by atoms with Crippen LogP contribution in [0.15, 0.2) is 24.3 Å². The van der Waals surface area contributed by atoms with Gasteiger partial charge in [-0.2, -0.15) is 0 Å². The van der Waals surface area contributed by atoms with Gasteiger partial charge in [0.15, 0.2) is 5.78 Å². The van der Waals surface area contributed by atoms with Gasteiger partial charge in [0.25, 0.3) is 0 Å². The first kappa shape index (κ1) is 16.0. The van der Waals surface area contributed by atoms with Crippen LogP contribution < -0.4 is 10.6 Å². The molecule has 2 rings (SSSR count). The van der Waals surface area contributed by atoms with Crippen LogP contribution in [0.3, 0.4) is 0 Å². The van der Waals surface area contributed by atoms with Crippen molar-refractivity contribution >= 4 is 23.4 Å². The molecule has 6 nitrogen and oxygen atoms in total. The molecule has 1 saturated heterocycles. The largest absolute Gasteiger partial charge is 0.338 e. The zero-order valence-corrected chi connectivity index (χ0v) is 13.1. The SMILES string of the molecule is CC(=O)c1cccc(NC(=O)NC2CC(=O)N(C(C)C)C2)c1. The number of ketones is 1. The lowest BCUT2D eigenvalue weighted by Crippen LogP contribution is -2.40. The van der Waals surface area contributed by atoms with E-state index in [0.717, 1.165) is 0 Å². The molecule has 22 heavy (non-hydrogen) atoms. The number of anilines is 1. The van der Waals surface area contributed by atoms with Crippen LogP contribution in [0, 0.1) is 0 Å². The van der Waals surface area contributed by atoms with Crippen molar-refractivity contribution in [2.45, 2.75) is 39.3 Å². The minimum Gasteiger partial charge on any atom is -0.338 e. The highest BCUT2D eigenvalue weighted by Gasteiger charge is 2.31. The van der Waals surface area contributed by atoms with E-state index >= 15 is 0 Å². The van der Waals surface area contributed by atoms with Gasteiger partial charge in [-0.1, -0.05) is 12.1 Å². The van der Waals surface area contributed by atoms with Gasteiger partial charge in [-0.15, -0.1) is 0 Å². The van der Waals surface area contributed by atoms with Gasteiger partial charge >= 0.3 is 6.03 Å². The van der Waals surface area contributed by atoms with Crippen LogP contribution in [0.1, 0.15) is 37.6 Å². The highest BCUT2D eigenvalue weighted by atomic mass is 16.2. The molecular weight excluding hydrogens is 282 g/mol. The van der Waals surface area contributed by atoms with Crippen LogP contribution in [0.25, 0.3) is 0 Å². The Morgan fingerprint density at radius 3 is 2.64 bits per heavy atom. The molecule has 1 aromatic rings. The fourth-order valence-electron chi connectivity index (χ4n) is 2.50. The predicted molar refractivity (Wildman–Crippen MR) is 83.9 cm³/mol. The van der Waals surface area contributed by atoms with E-state index in [2.05, 4.69) is 10.6 Å². The minimum atomic E-state index is -0.371. The van der Waals surface area contributed by atoms with Crippen molar-refractivity contribution in [2.75, 3.05) is 11.9 Å². The second kappa shape index (κ2) is 6.60. The number of benzene rings is 1. The van der Waals surface area contributed by atoms with Crippen LogP contribution >= 0.6 is 0 Å². The quantitative estimate of drug-likeness (QED) is 0.835. The average Bonchev–Trinajstić information content (AvgIpc) is 2.79. The molecule has 3 amide bonds. The van der Waals surface area contributed by atoms with Crippen molar-refractivity contribution in [3.63, 3.8) is 0 Å². The third-order valence-corrected chi connectivity index (χ3v) is 3.64. The summed E-state index contributed by atoms with van der Waals surface area (Å²) in [5, 5.41) is 5.48. The number of hydrogen-bond acceptors (Lipinski definition) is 3. The first-order valence-corrected chi connectivity index (χ1v) is 7.35. The molecule has 1 atom stereocenters. The monoisotopic (exact) mass is 303 g/mol. The van der Waals surface area contributed by atoms with E-state index in [9.17, 15) is 14.4 Å². The second-order valence-electron chi connectivity index (χ2n) is 5.78. The summed E-state index contributed by atoms with van der Waals surface area (Å²) >= 11 is 0.